The molecule has 0 spiro atoms. The van der Waals surface area contributed by atoms with Crippen molar-refractivity contribution in [3.05, 3.63) is 42.7 Å². The molecule has 0 saturated carbocycles. The Balaban J connectivity index is 2.75. The van der Waals surface area contributed by atoms with E-state index in [0.717, 1.165) is 11.2 Å². The molecule has 0 N–H and O–H groups in total. The molecule has 0 aliphatic heterocycles. The number of thioether (sulfide) groups is 1. The minimum atomic E-state index is -0.455. The quantitative estimate of drug-likeness (QED) is 0.475. The fraction of sp³-hybridized carbons (Fsp3) is 0.286. The number of rotatable bonds is 3. The highest BCUT2D eigenvalue weighted by molar-refractivity contribution is 8.13. The highest BCUT2D eigenvalue weighted by Crippen LogP contribution is 2.29. The SMILES string of the molecule is C=COC(=O)c1ccc(SC(=O)C(C)(C)C)cc1. The average molecular weight is 264 g/mol. The second kappa shape index (κ2) is 5.87. The van der Waals surface area contributed by atoms with Crippen LogP contribution in [0.1, 0.15) is 31.1 Å². The monoisotopic (exact) mass is 264 g/mol. The molecule has 0 bridgehead atoms. The molecule has 0 aliphatic carbocycles. The molecule has 0 fully saturated rings. The van der Waals surface area contributed by atoms with E-state index < -0.39 is 5.97 Å². The number of esters is 1. The number of benzene rings is 1. The molecule has 0 radical (unpaired) electrons. The molecular weight excluding hydrogens is 248 g/mol. The van der Waals surface area contributed by atoms with Gasteiger partial charge in [0.2, 0.25) is 0 Å². The first-order chi connectivity index (χ1) is 8.34. The summed E-state index contributed by atoms with van der Waals surface area (Å²) in [6.07, 6.45) is 1.09. The number of ether oxygens (including phenoxy) is 1. The number of carbonyl (C=O) groups excluding carboxylic acids is 2. The van der Waals surface area contributed by atoms with Crippen molar-refractivity contribution in [3.8, 4) is 0 Å². The lowest BCUT2D eigenvalue weighted by Gasteiger charge is -2.15. The lowest BCUT2D eigenvalue weighted by atomic mass is 10.00. The Labute approximate surface area is 111 Å². The van der Waals surface area contributed by atoms with E-state index in [2.05, 4.69) is 11.3 Å². The first-order valence-electron chi connectivity index (χ1n) is 5.49. The summed E-state index contributed by atoms with van der Waals surface area (Å²) >= 11 is 1.17. The van der Waals surface area contributed by atoms with Gasteiger partial charge in [0.1, 0.15) is 0 Å². The lowest BCUT2D eigenvalue weighted by Crippen LogP contribution is -2.16. The van der Waals surface area contributed by atoms with Crippen LogP contribution >= 0.6 is 11.8 Å². The Morgan fingerprint density at radius 3 is 2.22 bits per heavy atom. The first kappa shape index (κ1) is 14.5. The van der Waals surface area contributed by atoms with Crippen molar-refractivity contribution in [3.63, 3.8) is 0 Å². The highest BCUT2D eigenvalue weighted by Gasteiger charge is 2.22. The third-order valence-corrected chi connectivity index (χ3v) is 3.41. The molecule has 1 aromatic carbocycles. The molecule has 0 atom stereocenters. The summed E-state index contributed by atoms with van der Waals surface area (Å²) < 4.78 is 4.65. The largest absolute Gasteiger partial charge is 0.432 e. The van der Waals surface area contributed by atoms with Crippen LogP contribution in [0.25, 0.3) is 0 Å². The number of hydrogen-bond donors (Lipinski definition) is 0. The molecular formula is C14H16O3S. The van der Waals surface area contributed by atoms with Crippen molar-refractivity contribution in [2.24, 2.45) is 5.41 Å². The Kier molecular flexibility index (Phi) is 4.73. The van der Waals surface area contributed by atoms with E-state index in [9.17, 15) is 9.59 Å². The van der Waals surface area contributed by atoms with Gasteiger partial charge in [0, 0.05) is 10.3 Å². The van der Waals surface area contributed by atoms with Crippen LogP contribution in [0.15, 0.2) is 42.0 Å². The van der Waals surface area contributed by atoms with Gasteiger partial charge in [-0.3, -0.25) is 4.79 Å². The maximum absolute atomic E-state index is 11.8. The maximum Gasteiger partial charge on any atom is 0.342 e. The lowest BCUT2D eigenvalue weighted by molar-refractivity contribution is -0.117. The summed E-state index contributed by atoms with van der Waals surface area (Å²) in [4.78, 5) is 24.0. The predicted molar refractivity (Wildman–Crippen MR) is 72.4 cm³/mol. The van der Waals surface area contributed by atoms with Gasteiger partial charge >= 0.3 is 5.97 Å². The smallest absolute Gasteiger partial charge is 0.342 e. The third-order valence-electron chi connectivity index (χ3n) is 2.10. The zero-order chi connectivity index (χ0) is 13.8. The Morgan fingerprint density at radius 1 is 1.22 bits per heavy atom. The summed E-state index contributed by atoms with van der Waals surface area (Å²) in [6.45, 7) is 8.94. The van der Waals surface area contributed by atoms with Crippen molar-refractivity contribution in [1.29, 1.82) is 0 Å². The van der Waals surface area contributed by atoms with E-state index in [1.807, 2.05) is 20.8 Å². The summed E-state index contributed by atoms with van der Waals surface area (Å²) in [5, 5.41) is 0.0870. The molecule has 1 aromatic rings. The van der Waals surface area contributed by atoms with Gasteiger partial charge in [-0.2, -0.15) is 0 Å². The van der Waals surface area contributed by atoms with Crippen LogP contribution in [-0.4, -0.2) is 11.1 Å². The fourth-order valence-electron chi connectivity index (χ4n) is 1.06. The van der Waals surface area contributed by atoms with Gasteiger partial charge in [-0.1, -0.05) is 39.1 Å². The van der Waals surface area contributed by atoms with Crippen molar-refractivity contribution >= 4 is 22.8 Å². The predicted octanol–water partition coefficient (Wildman–Crippen LogP) is 3.65. The normalized spacial score (nSPS) is 10.8. The standard InChI is InChI=1S/C14H16O3S/c1-5-17-12(15)10-6-8-11(9-7-10)18-13(16)14(2,3)4/h5-9H,1H2,2-4H3. The van der Waals surface area contributed by atoms with Crippen molar-refractivity contribution in [2.75, 3.05) is 0 Å². The van der Waals surface area contributed by atoms with Gasteiger partial charge in [-0.25, -0.2) is 4.79 Å². The van der Waals surface area contributed by atoms with E-state index in [1.54, 1.807) is 24.3 Å². The van der Waals surface area contributed by atoms with Crippen LogP contribution in [0.5, 0.6) is 0 Å². The molecule has 0 aliphatic rings. The maximum atomic E-state index is 11.8. The molecule has 0 heterocycles. The van der Waals surface area contributed by atoms with E-state index in [4.69, 9.17) is 0 Å². The van der Waals surface area contributed by atoms with E-state index in [0.29, 0.717) is 5.56 Å². The van der Waals surface area contributed by atoms with Crippen LogP contribution in [0, 0.1) is 5.41 Å². The molecule has 0 saturated heterocycles. The minimum Gasteiger partial charge on any atom is -0.432 e. The summed E-state index contributed by atoms with van der Waals surface area (Å²) in [7, 11) is 0. The van der Waals surface area contributed by atoms with E-state index in [1.165, 1.54) is 11.8 Å². The van der Waals surface area contributed by atoms with Gasteiger partial charge in [-0.15, -0.1) is 0 Å². The molecule has 3 nitrogen and oxygen atoms in total. The second-order valence-electron chi connectivity index (χ2n) is 4.74. The molecule has 96 valence electrons. The van der Waals surface area contributed by atoms with Crippen LogP contribution < -0.4 is 0 Å². The van der Waals surface area contributed by atoms with E-state index >= 15 is 0 Å². The zero-order valence-corrected chi connectivity index (χ0v) is 11.5. The van der Waals surface area contributed by atoms with Crippen molar-refractivity contribution < 1.29 is 14.3 Å². The molecule has 0 amide bonds. The van der Waals surface area contributed by atoms with Crippen molar-refractivity contribution in [1.82, 2.24) is 0 Å². The topological polar surface area (TPSA) is 43.4 Å². The Bertz CT molecular complexity index is 455. The molecule has 1 rings (SSSR count). The fourth-order valence-corrected chi connectivity index (χ4v) is 1.86. The summed E-state index contributed by atoms with van der Waals surface area (Å²) in [6, 6.07) is 6.72. The minimum absolute atomic E-state index is 0.0870. The number of carbonyl (C=O) groups is 2. The van der Waals surface area contributed by atoms with Gasteiger partial charge in [0.15, 0.2) is 5.12 Å². The van der Waals surface area contributed by atoms with Gasteiger partial charge in [0.05, 0.1) is 11.8 Å². The molecule has 0 unspecified atom stereocenters. The average Bonchev–Trinajstić information content (AvgIpc) is 2.29. The van der Waals surface area contributed by atoms with Crippen LogP contribution in [0.3, 0.4) is 0 Å². The van der Waals surface area contributed by atoms with Crippen LogP contribution in [-0.2, 0) is 9.53 Å². The van der Waals surface area contributed by atoms with E-state index in [-0.39, 0.29) is 10.5 Å². The number of hydrogen-bond acceptors (Lipinski definition) is 4. The van der Waals surface area contributed by atoms with Gasteiger partial charge in [-0.05, 0) is 24.3 Å². The van der Waals surface area contributed by atoms with Crippen molar-refractivity contribution in [2.45, 2.75) is 25.7 Å². The Morgan fingerprint density at radius 2 is 1.78 bits per heavy atom. The van der Waals surface area contributed by atoms with Gasteiger partial charge in [0.25, 0.3) is 0 Å². The first-order valence-corrected chi connectivity index (χ1v) is 6.30. The zero-order valence-electron chi connectivity index (χ0n) is 10.7. The Hall–Kier alpha value is -1.55. The summed E-state index contributed by atoms with van der Waals surface area (Å²) in [5.41, 5.74) is 0.0490. The van der Waals surface area contributed by atoms with Gasteiger partial charge < -0.3 is 4.74 Å². The van der Waals surface area contributed by atoms with Crippen LogP contribution in [0.2, 0.25) is 0 Å². The van der Waals surface area contributed by atoms with Crippen LogP contribution in [0.4, 0.5) is 0 Å². The summed E-state index contributed by atoms with van der Waals surface area (Å²) in [5.74, 6) is -0.455. The second-order valence-corrected chi connectivity index (χ2v) is 5.78. The third kappa shape index (κ3) is 4.04. The molecule has 4 heteroatoms. The highest BCUT2D eigenvalue weighted by atomic mass is 32.2. The molecule has 18 heavy (non-hydrogen) atoms. The molecule has 0 aromatic heterocycles.